The monoisotopic (exact) mass is 315 g/mol. The summed E-state index contributed by atoms with van der Waals surface area (Å²) in [4.78, 5) is 16.9. The molecule has 0 aromatic heterocycles. The fourth-order valence-electron chi connectivity index (χ4n) is 3.65. The van der Waals surface area contributed by atoms with Crippen molar-refractivity contribution in [2.24, 2.45) is 5.92 Å². The van der Waals surface area contributed by atoms with E-state index < -0.39 is 0 Å². The van der Waals surface area contributed by atoms with Gasteiger partial charge in [-0.1, -0.05) is 30.3 Å². The number of rotatable bonds is 5. The summed E-state index contributed by atoms with van der Waals surface area (Å²) < 4.78 is 0. The third kappa shape index (κ3) is 5.05. The zero-order valence-electron chi connectivity index (χ0n) is 14.0. The van der Waals surface area contributed by atoms with Crippen molar-refractivity contribution in [3.8, 4) is 0 Å². The van der Waals surface area contributed by atoms with Crippen LogP contribution in [0.2, 0.25) is 0 Å². The molecule has 1 aromatic rings. The number of piperidine rings is 1. The van der Waals surface area contributed by atoms with Gasteiger partial charge in [0.25, 0.3) is 0 Å². The standard InChI is InChI=1S/C19H29N3O/c23-19(7-6-17-8-10-20-11-9-17)22-14-12-21(13-15-22)16-18-4-2-1-3-5-18/h1-5,17,20H,6-16H2. The fourth-order valence-corrected chi connectivity index (χ4v) is 3.65. The Kier molecular flexibility index (Phi) is 6.06. The van der Waals surface area contributed by atoms with E-state index >= 15 is 0 Å². The van der Waals surface area contributed by atoms with Crippen molar-refractivity contribution in [1.82, 2.24) is 15.1 Å². The summed E-state index contributed by atoms with van der Waals surface area (Å²) in [5.74, 6) is 1.11. The molecule has 0 atom stereocenters. The smallest absolute Gasteiger partial charge is 0.222 e. The number of nitrogens with one attached hydrogen (secondary N) is 1. The van der Waals surface area contributed by atoms with E-state index in [0.717, 1.165) is 64.6 Å². The van der Waals surface area contributed by atoms with E-state index in [-0.39, 0.29) is 0 Å². The highest BCUT2D eigenvalue weighted by Gasteiger charge is 2.22. The lowest BCUT2D eigenvalue weighted by atomic mass is 9.93. The van der Waals surface area contributed by atoms with E-state index in [2.05, 4.69) is 45.4 Å². The molecule has 0 aliphatic carbocycles. The van der Waals surface area contributed by atoms with Crippen LogP contribution in [0.3, 0.4) is 0 Å². The number of benzene rings is 1. The van der Waals surface area contributed by atoms with Crippen molar-refractivity contribution in [1.29, 1.82) is 0 Å². The predicted octanol–water partition coefficient (Wildman–Crippen LogP) is 2.11. The van der Waals surface area contributed by atoms with Crippen LogP contribution in [0.4, 0.5) is 0 Å². The van der Waals surface area contributed by atoms with Crippen LogP contribution >= 0.6 is 0 Å². The minimum Gasteiger partial charge on any atom is -0.340 e. The van der Waals surface area contributed by atoms with E-state index in [1.54, 1.807) is 0 Å². The number of piperazine rings is 1. The fraction of sp³-hybridized carbons (Fsp3) is 0.632. The van der Waals surface area contributed by atoms with Crippen molar-refractivity contribution in [2.45, 2.75) is 32.2 Å². The first-order valence-corrected chi connectivity index (χ1v) is 9.06. The molecule has 0 bridgehead atoms. The molecule has 2 aliphatic heterocycles. The Morgan fingerprint density at radius 3 is 2.43 bits per heavy atom. The molecule has 1 amide bonds. The average molecular weight is 315 g/mol. The maximum atomic E-state index is 12.4. The van der Waals surface area contributed by atoms with Gasteiger partial charge in [0.15, 0.2) is 0 Å². The zero-order chi connectivity index (χ0) is 15.9. The number of hydrogen-bond donors (Lipinski definition) is 1. The Labute approximate surface area is 139 Å². The molecule has 23 heavy (non-hydrogen) atoms. The first-order chi connectivity index (χ1) is 11.3. The molecular weight excluding hydrogens is 286 g/mol. The lowest BCUT2D eigenvalue weighted by molar-refractivity contribution is -0.133. The molecule has 126 valence electrons. The second-order valence-corrected chi connectivity index (χ2v) is 6.87. The van der Waals surface area contributed by atoms with Crippen LogP contribution in [0.5, 0.6) is 0 Å². The van der Waals surface area contributed by atoms with Gasteiger partial charge >= 0.3 is 0 Å². The van der Waals surface area contributed by atoms with E-state index in [4.69, 9.17) is 0 Å². The molecular formula is C19H29N3O. The van der Waals surface area contributed by atoms with Gasteiger partial charge in [-0.3, -0.25) is 9.69 Å². The predicted molar refractivity (Wildman–Crippen MR) is 93.1 cm³/mol. The number of hydrogen-bond acceptors (Lipinski definition) is 3. The molecule has 2 fully saturated rings. The molecule has 4 heteroatoms. The minimum atomic E-state index is 0.364. The molecule has 2 aliphatic rings. The summed E-state index contributed by atoms with van der Waals surface area (Å²) in [6, 6.07) is 10.6. The molecule has 4 nitrogen and oxygen atoms in total. The molecule has 2 heterocycles. The number of carbonyl (C=O) groups excluding carboxylic acids is 1. The molecule has 3 rings (SSSR count). The molecule has 0 spiro atoms. The third-order valence-electron chi connectivity index (χ3n) is 5.20. The van der Waals surface area contributed by atoms with Crippen LogP contribution in [0.1, 0.15) is 31.2 Å². The molecule has 0 saturated carbocycles. The Balaban J connectivity index is 1.37. The summed E-state index contributed by atoms with van der Waals surface area (Å²) in [5, 5.41) is 3.39. The van der Waals surface area contributed by atoms with Crippen molar-refractivity contribution in [3.63, 3.8) is 0 Å². The quantitative estimate of drug-likeness (QED) is 0.904. The van der Waals surface area contributed by atoms with E-state index in [1.807, 2.05) is 0 Å². The van der Waals surface area contributed by atoms with Gasteiger partial charge in [0.2, 0.25) is 5.91 Å². The first kappa shape index (κ1) is 16.5. The van der Waals surface area contributed by atoms with E-state index in [0.29, 0.717) is 5.91 Å². The van der Waals surface area contributed by atoms with Crippen molar-refractivity contribution in [2.75, 3.05) is 39.3 Å². The highest BCUT2D eigenvalue weighted by atomic mass is 16.2. The van der Waals surface area contributed by atoms with Crippen molar-refractivity contribution < 1.29 is 4.79 Å². The summed E-state index contributed by atoms with van der Waals surface area (Å²) >= 11 is 0. The highest BCUT2D eigenvalue weighted by molar-refractivity contribution is 5.76. The molecule has 2 saturated heterocycles. The van der Waals surface area contributed by atoms with Crippen LogP contribution in [0.15, 0.2) is 30.3 Å². The van der Waals surface area contributed by atoms with E-state index in [1.165, 1.54) is 18.4 Å². The third-order valence-corrected chi connectivity index (χ3v) is 5.20. The lowest BCUT2D eigenvalue weighted by Gasteiger charge is -2.35. The minimum absolute atomic E-state index is 0.364. The van der Waals surface area contributed by atoms with Crippen LogP contribution in [-0.2, 0) is 11.3 Å². The second kappa shape index (κ2) is 8.46. The molecule has 0 unspecified atom stereocenters. The summed E-state index contributed by atoms with van der Waals surface area (Å²) in [6.07, 6.45) is 4.28. The van der Waals surface area contributed by atoms with Gasteiger partial charge in [-0.2, -0.15) is 0 Å². The molecule has 1 aromatic carbocycles. The van der Waals surface area contributed by atoms with Crippen LogP contribution < -0.4 is 5.32 Å². The van der Waals surface area contributed by atoms with Crippen LogP contribution in [-0.4, -0.2) is 55.0 Å². The van der Waals surface area contributed by atoms with Gasteiger partial charge in [0.05, 0.1) is 0 Å². The summed E-state index contributed by atoms with van der Waals surface area (Å²) in [7, 11) is 0. The Morgan fingerprint density at radius 1 is 1.04 bits per heavy atom. The van der Waals surface area contributed by atoms with Gasteiger partial charge in [0, 0.05) is 39.1 Å². The Hall–Kier alpha value is -1.39. The van der Waals surface area contributed by atoms with Gasteiger partial charge in [-0.25, -0.2) is 0 Å². The zero-order valence-corrected chi connectivity index (χ0v) is 14.0. The van der Waals surface area contributed by atoms with Gasteiger partial charge < -0.3 is 10.2 Å². The van der Waals surface area contributed by atoms with Crippen LogP contribution in [0.25, 0.3) is 0 Å². The topological polar surface area (TPSA) is 35.6 Å². The number of carbonyl (C=O) groups is 1. The maximum absolute atomic E-state index is 12.4. The Morgan fingerprint density at radius 2 is 1.74 bits per heavy atom. The largest absolute Gasteiger partial charge is 0.340 e. The van der Waals surface area contributed by atoms with Gasteiger partial charge in [-0.15, -0.1) is 0 Å². The summed E-state index contributed by atoms with van der Waals surface area (Å²) in [5.41, 5.74) is 1.36. The highest BCUT2D eigenvalue weighted by Crippen LogP contribution is 2.19. The first-order valence-electron chi connectivity index (χ1n) is 9.06. The Bertz CT molecular complexity index is 477. The van der Waals surface area contributed by atoms with Gasteiger partial charge in [0.1, 0.15) is 0 Å². The molecule has 1 N–H and O–H groups in total. The van der Waals surface area contributed by atoms with E-state index in [9.17, 15) is 4.79 Å². The van der Waals surface area contributed by atoms with Crippen molar-refractivity contribution in [3.05, 3.63) is 35.9 Å². The normalized spacial score (nSPS) is 20.6. The second-order valence-electron chi connectivity index (χ2n) is 6.87. The maximum Gasteiger partial charge on any atom is 0.222 e. The number of nitrogens with zero attached hydrogens (tertiary/aromatic N) is 2. The van der Waals surface area contributed by atoms with Crippen molar-refractivity contribution >= 4 is 5.91 Å². The lowest BCUT2D eigenvalue weighted by Crippen LogP contribution is -2.48. The van der Waals surface area contributed by atoms with Crippen LogP contribution in [0, 0.1) is 5.92 Å². The average Bonchev–Trinajstić information content (AvgIpc) is 2.62. The number of amides is 1. The molecule has 0 radical (unpaired) electrons. The summed E-state index contributed by atoms with van der Waals surface area (Å²) in [6.45, 7) is 7.00. The van der Waals surface area contributed by atoms with Gasteiger partial charge in [-0.05, 0) is 43.8 Å². The SMILES string of the molecule is O=C(CCC1CCNCC1)N1CCN(Cc2ccccc2)CC1.